The number of hydrogen-bond donors (Lipinski definition) is 1. The van der Waals surface area contributed by atoms with E-state index in [1.165, 1.54) is 10.7 Å². The number of aromatic nitrogens is 2. The second kappa shape index (κ2) is 6.27. The van der Waals surface area contributed by atoms with Crippen LogP contribution in [0, 0.1) is 0 Å². The molecule has 3 rings (SSSR count). The van der Waals surface area contributed by atoms with Crippen molar-refractivity contribution >= 4 is 21.7 Å². The Labute approximate surface area is 141 Å². The summed E-state index contributed by atoms with van der Waals surface area (Å²) in [5, 5.41) is 4.17. The Balaban J connectivity index is 1.82. The van der Waals surface area contributed by atoms with Crippen LogP contribution in [0.5, 0.6) is 0 Å². The number of carbonyl (C=O) groups is 1. The minimum absolute atomic E-state index is 0.159. The molecule has 0 saturated heterocycles. The Kier molecular flexibility index (Phi) is 4.31. The van der Waals surface area contributed by atoms with Crippen LogP contribution in [0.25, 0.3) is 0 Å². The van der Waals surface area contributed by atoms with Gasteiger partial charge in [0.15, 0.2) is 5.82 Å². The Morgan fingerprint density at radius 3 is 2.58 bits per heavy atom. The number of fused-ring (bicyclic) bond motifs is 1. The fourth-order valence-corrected chi connectivity index (χ4v) is 3.66. The highest BCUT2D eigenvalue weighted by Gasteiger charge is 2.25. The number of nitrogens with one attached hydrogen (secondary N) is 1. The van der Waals surface area contributed by atoms with E-state index in [1.54, 1.807) is 24.1 Å². The van der Waals surface area contributed by atoms with Gasteiger partial charge in [-0.05, 0) is 24.1 Å². The van der Waals surface area contributed by atoms with E-state index in [2.05, 4.69) is 16.7 Å². The smallest absolute Gasteiger partial charge is 0.272 e. The molecule has 0 radical (unpaired) electrons. The molecule has 24 heavy (non-hydrogen) atoms. The van der Waals surface area contributed by atoms with Crippen molar-refractivity contribution in [3.8, 4) is 0 Å². The molecular formula is C16H20N4O3S. The number of rotatable bonds is 5. The van der Waals surface area contributed by atoms with Gasteiger partial charge in [-0.2, -0.15) is 5.10 Å². The van der Waals surface area contributed by atoms with Crippen LogP contribution in [0.3, 0.4) is 0 Å². The van der Waals surface area contributed by atoms with E-state index in [0.717, 1.165) is 18.4 Å². The number of aryl methyl sites for hydroxylation is 1. The van der Waals surface area contributed by atoms with Crippen LogP contribution >= 0.6 is 0 Å². The van der Waals surface area contributed by atoms with Crippen molar-refractivity contribution < 1.29 is 13.2 Å². The van der Waals surface area contributed by atoms with E-state index in [1.807, 2.05) is 12.1 Å². The number of benzene rings is 1. The number of hydrogen-bond acceptors (Lipinski definition) is 4. The molecule has 1 N–H and O–H groups in total. The third-order valence-corrected chi connectivity index (χ3v) is 5.37. The lowest BCUT2D eigenvalue weighted by Gasteiger charge is -2.22. The van der Waals surface area contributed by atoms with Gasteiger partial charge in [-0.3, -0.25) is 14.2 Å². The Bertz CT molecular complexity index is 856. The van der Waals surface area contributed by atoms with Gasteiger partial charge < -0.3 is 4.90 Å². The van der Waals surface area contributed by atoms with E-state index in [9.17, 15) is 13.2 Å². The van der Waals surface area contributed by atoms with Gasteiger partial charge in [0.05, 0.1) is 11.4 Å². The van der Waals surface area contributed by atoms with Gasteiger partial charge in [0.2, 0.25) is 0 Å². The minimum atomic E-state index is -3.73. The summed E-state index contributed by atoms with van der Waals surface area (Å²) >= 11 is 0. The molecule has 1 aliphatic rings. The predicted molar refractivity (Wildman–Crippen MR) is 90.4 cm³/mol. The molecular weight excluding hydrogens is 328 g/mol. The molecule has 1 aliphatic heterocycles. The SMILES string of the molecule is CCCc1ccc(S(=O)(=O)Nc2cc3n(n2)CCN(C)C3=O)cc1. The van der Waals surface area contributed by atoms with Crippen LogP contribution in [-0.4, -0.2) is 42.6 Å². The summed E-state index contributed by atoms with van der Waals surface area (Å²) in [5.41, 5.74) is 1.49. The highest BCUT2D eigenvalue weighted by molar-refractivity contribution is 7.92. The first kappa shape index (κ1) is 16.5. The normalized spacial score (nSPS) is 14.6. The standard InChI is InChI=1S/C16H20N4O3S/c1-3-4-12-5-7-13(8-6-12)24(22,23)18-15-11-14-16(21)19(2)9-10-20(14)17-15/h5-8,11H,3-4,9-10H2,1-2H3,(H,17,18). The largest absolute Gasteiger partial charge is 0.339 e. The molecule has 0 saturated carbocycles. The minimum Gasteiger partial charge on any atom is -0.339 e. The van der Waals surface area contributed by atoms with Gasteiger partial charge in [-0.15, -0.1) is 0 Å². The van der Waals surface area contributed by atoms with Gasteiger partial charge in [0.1, 0.15) is 5.69 Å². The van der Waals surface area contributed by atoms with Crippen LogP contribution in [0.4, 0.5) is 5.82 Å². The summed E-state index contributed by atoms with van der Waals surface area (Å²) in [6.07, 6.45) is 1.92. The van der Waals surface area contributed by atoms with Crippen LogP contribution in [0.1, 0.15) is 29.4 Å². The lowest BCUT2D eigenvalue weighted by atomic mass is 10.1. The molecule has 0 atom stereocenters. The lowest BCUT2D eigenvalue weighted by Crippen LogP contribution is -2.37. The maximum atomic E-state index is 12.5. The maximum absolute atomic E-state index is 12.5. The van der Waals surface area contributed by atoms with Crippen LogP contribution in [-0.2, 0) is 23.0 Å². The molecule has 0 aliphatic carbocycles. The first-order chi connectivity index (χ1) is 11.4. The zero-order valence-corrected chi connectivity index (χ0v) is 14.5. The van der Waals surface area contributed by atoms with Crippen LogP contribution in [0.2, 0.25) is 0 Å². The van der Waals surface area contributed by atoms with Crippen molar-refractivity contribution in [3.05, 3.63) is 41.6 Å². The van der Waals surface area contributed by atoms with E-state index in [4.69, 9.17) is 0 Å². The first-order valence-electron chi connectivity index (χ1n) is 7.86. The number of carbonyl (C=O) groups excluding carboxylic acids is 1. The number of sulfonamides is 1. The van der Waals surface area contributed by atoms with Crippen molar-refractivity contribution in [2.45, 2.75) is 31.2 Å². The van der Waals surface area contributed by atoms with Gasteiger partial charge >= 0.3 is 0 Å². The molecule has 1 aromatic heterocycles. The molecule has 7 nitrogen and oxygen atoms in total. The molecule has 2 heterocycles. The third-order valence-electron chi connectivity index (χ3n) is 4.00. The van der Waals surface area contributed by atoms with Crippen molar-refractivity contribution in [3.63, 3.8) is 0 Å². The third kappa shape index (κ3) is 3.14. The molecule has 128 valence electrons. The summed E-state index contributed by atoms with van der Waals surface area (Å²) in [7, 11) is -2.02. The van der Waals surface area contributed by atoms with Gasteiger partial charge in [-0.1, -0.05) is 25.5 Å². The average Bonchev–Trinajstić information content (AvgIpc) is 2.94. The average molecular weight is 348 g/mol. The number of amides is 1. The maximum Gasteiger partial charge on any atom is 0.272 e. The van der Waals surface area contributed by atoms with Crippen LogP contribution in [0.15, 0.2) is 35.2 Å². The molecule has 0 unspecified atom stereocenters. The quantitative estimate of drug-likeness (QED) is 0.892. The van der Waals surface area contributed by atoms with Gasteiger partial charge in [-0.25, -0.2) is 8.42 Å². The van der Waals surface area contributed by atoms with E-state index < -0.39 is 10.0 Å². The molecule has 2 aromatic rings. The molecule has 0 bridgehead atoms. The van der Waals surface area contributed by atoms with Crippen molar-refractivity contribution in [1.82, 2.24) is 14.7 Å². The molecule has 1 aromatic carbocycles. The highest BCUT2D eigenvalue weighted by atomic mass is 32.2. The fraction of sp³-hybridized carbons (Fsp3) is 0.375. The molecule has 0 fully saturated rings. The second-order valence-corrected chi connectivity index (χ2v) is 7.55. The Morgan fingerprint density at radius 2 is 1.92 bits per heavy atom. The summed E-state index contributed by atoms with van der Waals surface area (Å²) in [6, 6.07) is 8.27. The molecule has 1 amide bonds. The zero-order chi connectivity index (χ0) is 17.3. The number of likely N-dealkylation sites (N-methyl/N-ethyl adjacent to an activating group) is 1. The Morgan fingerprint density at radius 1 is 1.21 bits per heavy atom. The topological polar surface area (TPSA) is 84.3 Å². The fourth-order valence-electron chi connectivity index (χ4n) is 2.67. The van der Waals surface area contributed by atoms with E-state index >= 15 is 0 Å². The van der Waals surface area contributed by atoms with E-state index in [0.29, 0.717) is 18.8 Å². The number of anilines is 1. The zero-order valence-electron chi connectivity index (χ0n) is 13.7. The van der Waals surface area contributed by atoms with Crippen molar-refractivity contribution in [2.24, 2.45) is 0 Å². The first-order valence-corrected chi connectivity index (χ1v) is 9.34. The summed E-state index contributed by atoms with van der Waals surface area (Å²) < 4.78 is 28.9. The van der Waals surface area contributed by atoms with Crippen LogP contribution < -0.4 is 4.72 Å². The van der Waals surface area contributed by atoms with Gasteiger partial charge in [0, 0.05) is 19.7 Å². The monoisotopic (exact) mass is 348 g/mol. The van der Waals surface area contributed by atoms with Crippen molar-refractivity contribution in [1.29, 1.82) is 0 Å². The molecule has 8 heteroatoms. The highest BCUT2D eigenvalue weighted by Crippen LogP contribution is 2.19. The van der Waals surface area contributed by atoms with Gasteiger partial charge in [0.25, 0.3) is 15.9 Å². The molecule has 0 spiro atoms. The summed E-state index contributed by atoms with van der Waals surface area (Å²) in [5.74, 6) is -0.00518. The van der Waals surface area contributed by atoms with Crippen molar-refractivity contribution in [2.75, 3.05) is 18.3 Å². The summed E-state index contributed by atoms with van der Waals surface area (Å²) in [4.78, 5) is 13.8. The number of nitrogens with zero attached hydrogens (tertiary/aromatic N) is 3. The van der Waals surface area contributed by atoms with E-state index in [-0.39, 0.29) is 16.6 Å². The second-order valence-electron chi connectivity index (χ2n) is 5.86. The predicted octanol–water partition coefficient (Wildman–Crippen LogP) is 1.72. The Hall–Kier alpha value is -2.35. The lowest BCUT2D eigenvalue weighted by molar-refractivity contribution is 0.0743. The summed E-state index contributed by atoms with van der Waals surface area (Å²) in [6.45, 7) is 3.18.